The molecule has 0 spiro atoms. The third-order valence-electron chi connectivity index (χ3n) is 5.01. The summed E-state index contributed by atoms with van der Waals surface area (Å²) >= 11 is 0. The van der Waals surface area contributed by atoms with E-state index in [0.29, 0.717) is 22.8 Å². The van der Waals surface area contributed by atoms with Crippen molar-refractivity contribution in [3.8, 4) is 17.1 Å². The summed E-state index contributed by atoms with van der Waals surface area (Å²) in [4.78, 5) is 22.7. The lowest BCUT2D eigenvalue weighted by Crippen LogP contribution is -2.20. The predicted octanol–water partition coefficient (Wildman–Crippen LogP) is 4.12. The van der Waals surface area contributed by atoms with Crippen molar-refractivity contribution in [1.82, 2.24) is 5.43 Å². The SMILES string of the molecule is COc1cc([N+](=O)[O-])ccc1-c1ccc(/C=N/NC(=O)[C@H]2C[C@@H]2c2ccccc2)o1. The fourth-order valence-electron chi connectivity index (χ4n) is 3.36. The average Bonchev–Trinajstić information content (AvgIpc) is 3.45. The average molecular weight is 405 g/mol. The van der Waals surface area contributed by atoms with Crippen LogP contribution in [0.5, 0.6) is 5.75 Å². The van der Waals surface area contributed by atoms with Crippen LogP contribution in [0.4, 0.5) is 5.69 Å². The Labute approximate surface area is 172 Å². The molecular weight excluding hydrogens is 386 g/mol. The van der Waals surface area contributed by atoms with Crippen molar-refractivity contribution < 1.29 is 18.9 Å². The van der Waals surface area contributed by atoms with Gasteiger partial charge in [-0.1, -0.05) is 30.3 Å². The van der Waals surface area contributed by atoms with E-state index >= 15 is 0 Å². The van der Waals surface area contributed by atoms with Crippen LogP contribution in [0.3, 0.4) is 0 Å². The minimum Gasteiger partial charge on any atom is -0.496 e. The molecule has 1 amide bonds. The third-order valence-corrected chi connectivity index (χ3v) is 5.01. The first-order valence-electron chi connectivity index (χ1n) is 9.37. The number of carbonyl (C=O) groups excluding carboxylic acids is 1. The molecule has 0 saturated heterocycles. The van der Waals surface area contributed by atoms with Gasteiger partial charge in [-0.25, -0.2) is 5.43 Å². The van der Waals surface area contributed by atoms with Crippen LogP contribution in [0.2, 0.25) is 0 Å². The van der Waals surface area contributed by atoms with E-state index in [2.05, 4.69) is 10.5 Å². The van der Waals surface area contributed by atoms with Gasteiger partial charge in [-0.2, -0.15) is 5.10 Å². The van der Waals surface area contributed by atoms with E-state index in [1.807, 2.05) is 30.3 Å². The topological polar surface area (TPSA) is 107 Å². The second kappa shape index (κ2) is 8.20. The van der Waals surface area contributed by atoms with Gasteiger partial charge in [0.1, 0.15) is 17.3 Å². The van der Waals surface area contributed by atoms with Gasteiger partial charge < -0.3 is 9.15 Å². The Morgan fingerprint density at radius 2 is 2.03 bits per heavy atom. The largest absolute Gasteiger partial charge is 0.496 e. The second-order valence-corrected chi connectivity index (χ2v) is 6.94. The summed E-state index contributed by atoms with van der Waals surface area (Å²) in [7, 11) is 1.43. The number of nitrogens with one attached hydrogen (secondary N) is 1. The molecule has 0 unspecified atom stereocenters. The predicted molar refractivity (Wildman–Crippen MR) is 110 cm³/mol. The van der Waals surface area contributed by atoms with Crippen LogP contribution in [0.15, 0.2) is 70.2 Å². The van der Waals surface area contributed by atoms with Gasteiger partial charge in [0.05, 0.1) is 29.9 Å². The molecule has 30 heavy (non-hydrogen) atoms. The molecule has 1 aliphatic rings. The molecule has 1 heterocycles. The summed E-state index contributed by atoms with van der Waals surface area (Å²) in [5.74, 6) is 1.29. The Balaban J connectivity index is 1.39. The number of hydrogen-bond donors (Lipinski definition) is 1. The van der Waals surface area contributed by atoms with E-state index in [1.54, 1.807) is 18.2 Å². The smallest absolute Gasteiger partial charge is 0.273 e. The monoisotopic (exact) mass is 405 g/mol. The fourth-order valence-corrected chi connectivity index (χ4v) is 3.36. The maximum Gasteiger partial charge on any atom is 0.273 e. The summed E-state index contributed by atoms with van der Waals surface area (Å²) in [6.45, 7) is 0. The first-order valence-corrected chi connectivity index (χ1v) is 9.37. The van der Waals surface area contributed by atoms with Crippen molar-refractivity contribution in [2.45, 2.75) is 12.3 Å². The first kappa shape index (κ1) is 19.4. The second-order valence-electron chi connectivity index (χ2n) is 6.94. The highest BCUT2D eigenvalue weighted by molar-refractivity contribution is 5.85. The highest BCUT2D eigenvalue weighted by Crippen LogP contribution is 2.47. The van der Waals surface area contributed by atoms with E-state index in [-0.39, 0.29) is 23.4 Å². The molecule has 0 radical (unpaired) electrons. The summed E-state index contributed by atoms with van der Waals surface area (Å²) in [5, 5.41) is 14.9. The minimum atomic E-state index is -0.489. The zero-order valence-corrected chi connectivity index (χ0v) is 16.1. The summed E-state index contributed by atoms with van der Waals surface area (Å²) in [6, 6.07) is 17.6. The van der Waals surface area contributed by atoms with Crippen LogP contribution in [-0.4, -0.2) is 24.2 Å². The Hall–Kier alpha value is -3.94. The molecule has 1 saturated carbocycles. The fraction of sp³-hybridized carbons (Fsp3) is 0.182. The number of benzene rings is 2. The van der Waals surface area contributed by atoms with Gasteiger partial charge in [0.15, 0.2) is 0 Å². The van der Waals surface area contributed by atoms with E-state index in [1.165, 1.54) is 25.5 Å². The molecule has 1 N–H and O–H groups in total. The summed E-state index contributed by atoms with van der Waals surface area (Å²) in [5.41, 5.74) is 4.23. The van der Waals surface area contributed by atoms with Crippen LogP contribution in [0.25, 0.3) is 11.3 Å². The minimum absolute atomic E-state index is 0.0684. The molecule has 3 aromatic rings. The van der Waals surface area contributed by atoms with Crippen LogP contribution in [0, 0.1) is 16.0 Å². The number of nitro benzene ring substituents is 1. The molecule has 8 nitrogen and oxygen atoms in total. The van der Waals surface area contributed by atoms with Crippen molar-refractivity contribution in [3.63, 3.8) is 0 Å². The number of methoxy groups -OCH3 is 1. The zero-order valence-electron chi connectivity index (χ0n) is 16.1. The molecular formula is C22H19N3O5. The first-order chi connectivity index (χ1) is 14.6. The maximum atomic E-state index is 12.2. The normalized spacial score (nSPS) is 17.6. The Bertz CT molecular complexity index is 1110. The quantitative estimate of drug-likeness (QED) is 0.361. The number of nitrogens with zero attached hydrogens (tertiary/aromatic N) is 2. The maximum absolute atomic E-state index is 12.2. The number of rotatable bonds is 7. The summed E-state index contributed by atoms with van der Waals surface area (Å²) in [6.07, 6.45) is 2.23. The molecule has 0 bridgehead atoms. The lowest BCUT2D eigenvalue weighted by atomic mass is 10.1. The van der Waals surface area contributed by atoms with Crippen LogP contribution < -0.4 is 10.2 Å². The van der Waals surface area contributed by atoms with Crippen molar-refractivity contribution in [3.05, 3.63) is 82.1 Å². The van der Waals surface area contributed by atoms with Gasteiger partial charge in [0.2, 0.25) is 5.91 Å². The van der Waals surface area contributed by atoms with Crippen molar-refractivity contribution in [1.29, 1.82) is 0 Å². The van der Waals surface area contributed by atoms with Crippen LogP contribution >= 0.6 is 0 Å². The molecule has 1 aliphatic carbocycles. The Morgan fingerprint density at radius 3 is 2.77 bits per heavy atom. The van der Waals surface area contributed by atoms with E-state index in [4.69, 9.17) is 9.15 Å². The Morgan fingerprint density at radius 1 is 1.23 bits per heavy atom. The third kappa shape index (κ3) is 4.07. The number of ether oxygens (including phenoxy) is 1. The molecule has 8 heteroatoms. The molecule has 4 rings (SSSR count). The van der Waals surface area contributed by atoms with E-state index in [9.17, 15) is 14.9 Å². The highest BCUT2D eigenvalue weighted by Gasteiger charge is 2.43. The lowest BCUT2D eigenvalue weighted by molar-refractivity contribution is -0.384. The standard InChI is InChI=1S/C22H19N3O5/c1-29-21-11-15(25(27)28)7-9-17(21)20-10-8-16(30-20)13-23-24-22(26)19-12-18(19)14-5-3-2-4-6-14/h2-11,13,18-19H,12H2,1H3,(H,24,26)/b23-13+/t18-,19+/m1/s1. The lowest BCUT2D eigenvalue weighted by Gasteiger charge is -2.05. The molecule has 1 aromatic heterocycles. The van der Waals surface area contributed by atoms with Crippen molar-refractivity contribution in [2.24, 2.45) is 11.0 Å². The molecule has 152 valence electrons. The molecule has 2 atom stereocenters. The van der Waals surface area contributed by atoms with E-state index < -0.39 is 4.92 Å². The number of amides is 1. The van der Waals surface area contributed by atoms with Crippen molar-refractivity contribution in [2.75, 3.05) is 7.11 Å². The van der Waals surface area contributed by atoms with Crippen molar-refractivity contribution >= 4 is 17.8 Å². The number of furan rings is 1. The number of hydrogen-bond acceptors (Lipinski definition) is 6. The van der Waals surface area contributed by atoms with Gasteiger partial charge in [0, 0.05) is 12.0 Å². The number of hydrazone groups is 1. The molecule has 2 aromatic carbocycles. The molecule has 1 fully saturated rings. The van der Waals surface area contributed by atoms with Gasteiger partial charge in [0.25, 0.3) is 5.69 Å². The summed E-state index contributed by atoms with van der Waals surface area (Å²) < 4.78 is 10.9. The number of carbonyl (C=O) groups is 1. The van der Waals surface area contributed by atoms with Gasteiger partial charge in [-0.05, 0) is 36.1 Å². The number of nitro groups is 1. The van der Waals surface area contributed by atoms with Gasteiger partial charge in [-0.3, -0.25) is 14.9 Å². The number of non-ortho nitro benzene ring substituents is 1. The van der Waals surface area contributed by atoms with Crippen LogP contribution in [0.1, 0.15) is 23.7 Å². The Kier molecular flexibility index (Phi) is 5.30. The van der Waals surface area contributed by atoms with Gasteiger partial charge in [-0.15, -0.1) is 0 Å². The zero-order chi connectivity index (χ0) is 21.1. The van der Waals surface area contributed by atoms with E-state index in [0.717, 1.165) is 12.0 Å². The van der Waals surface area contributed by atoms with Gasteiger partial charge >= 0.3 is 0 Å². The highest BCUT2D eigenvalue weighted by atomic mass is 16.6. The van der Waals surface area contributed by atoms with Crippen LogP contribution in [-0.2, 0) is 4.79 Å². The molecule has 0 aliphatic heterocycles.